The Morgan fingerprint density at radius 3 is 2.59 bits per heavy atom. The van der Waals surface area contributed by atoms with Crippen LogP contribution in [0.3, 0.4) is 0 Å². The quantitative estimate of drug-likeness (QED) is 0.722. The average Bonchev–Trinajstić information content (AvgIpc) is 2.51. The fourth-order valence-electron chi connectivity index (χ4n) is 2.80. The van der Waals surface area contributed by atoms with Gasteiger partial charge in [0.15, 0.2) is 0 Å². The molecule has 0 amide bonds. The second kappa shape index (κ2) is 5.56. The van der Waals surface area contributed by atoms with E-state index in [1.54, 1.807) is 42.5 Å². The first-order valence-corrected chi connectivity index (χ1v) is 7.15. The summed E-state index contributed by atoms with van der Waals surface area (Å²) in [6.45, 7) is 1.92. The van der Waals surface area contributed by atoms with Crippen LogP contribution in [0, 0.1) is 0 Å². The van der Waals surface area contributed by atoms with E-state index >= 15 is 0 Å². The second-order valence-electron chi connectivity index (χ2n) is 5.20. The lowest BCUT2D eigenvalue weighted by Crippen LogP contribution is -2.13. The van der Waals surface area contributed by atoms with Gasteiger partial charge in [0.2, 0.25) is 0 Å². The number of phenols is 1. The number of hydrogen-bond acceptors (Lipinski definition) is 4. The lowest BCUT2D eigenvalue weighted by atomic mass is 9.89. The van der Waals surface area contributed by atoms with Gasteiger partial charge in [0.1, 0.15) is 17.1 Å². The van der Waals surface area contributed by atoms with Crippen molar-refractivity contribution in [2.24, 2.45) is 0 Å². The number of phenolic OH excluding ortho intramolecular Hbond substituents is 1. The monoisotopic (exact) mass is 296 g/mol. The SMILES string of the molecule is CC[C@@H](c1cccc(O)c1)c1c(O)c2ccccc2oc1=O. The maximum atomic E-state index is 12.3. The fraction of sp³-hybridized carbons (Fsp3) is 0.167. The van der Waals surface area contributed by atoms with E-state index in [4.69, 9.17) is 4.42 Å². The number of rotatable bonds is 3. The zero-order valence-corrected chi connectivity index (χ0v) is 12.1. The Kier molecular flexibility index (Phi) is 3.59. The fourth-order valence-corrected chi connectivity index (χ4v) is 2.80. The highest BCUT2D eigenvalue weighted by Gasteiger charge is 2.23. The maximum absolute atomic E-state index is 12.3. The van der Waals surface area contributed by atoms with Crippen LogP contribution in [-0.4, -0.2) is 10.2 Å². The minimum absolute atomic E-state index is 0.0537. The summed E-state index contributed by atoms with van der Waals surface area (Å²) in [5.74, 6) is -0.268. The maximum Gasteiger partial charge on any atom is 0.343 e. The standard InChI is InChI=1S/C18H16O4/c1-2-13(11-6-5-7-12(19)10-11)16-17(20)14-8-3-4-9-15(14)22-18(16)21/h3-10,13,19-20H,2H2,1H3/t13-/m0/s1. The number of fused-ring (bicyclic) bond motifs is 1. The largest absolute Gasteiger partial charge is 0.508 e. The molecule has 3 rings (SSSR count). The lowest BCUT2D eigenvalue weighted by molar-refractivity contribution is 0.449. The third-order valence-corrected chi connectivity index (χ3v) is 3.85. The van der Waals surface area contributed by atoms with Crippen molar-refractivity contribution in [3.05, 3.63) is 70.1 Å². The van der Waals surface area contributed by atoms with Crippen molar-refractivity contribution in [3.63, 3.8) is 0 Å². The topological polar surface area (TPSA) is 70.7 Å². The molecular weight excluding hydrogens is 280 g/mol. The highest BCUT2D eigenvalue weighted by molar-refractivity contribution is 5.84. The van der Waals surface area contributed by atoms with E-state index in [0.29, 0.717) is 17.4 Å². The molecule has 0 aliphatic carbocycles. The number of benzene rings is 2. The number of aromatic hydroxyl groups is 2. The number of hydrogen-bond donors (Lipinski definition) is 2. The van der Waals surface area contributed by atoms with Crippen molar-refractivity contribution in [2.75, 3.05) is 0 Å². The molecule has 2 aromatic carbocycles. The molecule has 0 bridgehead atoms. The van der Waals surface area contributed by atoms with E-state index in [9.17, 15) is 15.0 Å². The van der Waals surface area contributed by atoms with Crippen molar-refractivity contribution >= 4 is 11.0 Å². The molecule has 22 heavy (non-hydrogen) atoms. The second-order valence-corrected chi connectivity index (χ2v) is 5.20. The van der Waals surface area contributed by atoms with Gasteiger partial charge in [0.05, 0.1) is 10.9 Å². The molecule has 3 aromatic rings. The van der Waals surface area contributed by atoms with E-state index in [1.807, 2.05) is 13.0 Å². The van der Waals surface area contributed by atoms with Gasteiger partial charge in [0, 0.05) is 5.92 Å². The first kappa shape index (κ1) is 14.2. The van der Waals surface area contributed by atoms with E-state index in [-0.39, 0.29) is 23.0 Å². The Morgan fingerprint density at radius 1 is 1.09 bits per heavy atom. The van der Waals surface area contributed by atoms with Crippen LogP contribution in [0.1, 0.15) is 30.4 Å². The normalized spacial score (nSPS) is 12.4. The Balaban J connectivity index is 2.25. The van der Waals surface area contributed by atoms with E-state index in [0.717, 1.165) is 5.56 Å². The van der Waals surface area contributed by atoms with Crippen molar-refractivity contribution in [1.29, 1.82) is 0 Å². The van der Waals surface area contributed by atoms with E-state index < -0.39 is 5.63 Å². The molecule has 0 aliphatic heterocycles. The van der Waals surface area contributed by atoms with E-state index in [1.165, 1.54) is 0 Å². The molecule has 0 aliphatic rings. The van der Waals surface area contributed by atoms with Gasteiger partial charge >= 0.3 is 5.63 Å². The Bertz CT molecular complexity index is 880. The van der Waals surface area contributed by atoms with Crippen LogP contribution >= 0.6 is 0 Å². The van der Waals surface area contributed by atoms with Gasteiger partial charge in [0.25, 0.3) is 0 Å². The van der Waals surface area contributed by atoms with Crippen LogP contribution < -0.4 is 5.63 Å². The summed E-state index contributed by atoms with van der Waals surface area (Å²) in [6, 6.07) is 13.6. The molecule has 4 nitrogen and oxygen atoms in total. The third-order valence-electron chi connectivity index (χ3n) is 3.85. The molecule has 0 unspecified atom stereocenters. The molecular formula is C18H16O4. The first-order valence-electron chi connectivity index (χ1n) is 7.15. The first-order chi connectivity index (χ1) is 10.6. The zero-order valence-electron chi connectivity index (χ0n) is 12.1. The summed E-state index contributed by atoms with van der Waals surface area (Å²) in [6.07, 6.45) is 0.597. The van der Waals surface area contributed by atoms with Crippen molar-refractivity contribution in [2.45, 2.75) is 19.3 Å². The third kappa shape index (κ3) is 2.33. The smallest absolute Gasteiger partial charge is 0.343 e. The molecule has 0 radical (unpaired) electrons. The molecule has 4 heteroatoms. The predicted molar refractivity (Wildman–Crippen MR) is 84.4 cm³/mol. The van der Waals surface area contributed by atoms with Gasteiger partial charge in [-0.3, -0.25) is 0 Å². The summed E-state index contributed by atoms with van der Waals surface area (Å²) in [7, 11) is 0. The van der Waals surface area contributed by atoms with Crippen LogP contribution in [0.2, 0.25) is 0 Å². The van der Waals surface area contributed by atoms with E-state index in [2.05, 4.69) is 0 Å². The Morgan fingerprint density at radius 2 is 1.86 bits per heavy atom. The van der Waals surface area contributed by atoms with Crippen molar-refractivity contribution in [1.82, 2.24) is 0 Å². The minimum Gasteiger partial charge on any atom is -0.508 e. The predicted octanol–water partition coefficient (Wildman–Crippen LogP) is 3.75. The molecule has 1 heterocycles. The summed E-state index contributed by atoms with van der Waals surface area (Å²) < 4.78 is 5.33. The van der Waals surface area contributed by atoms with Crippen LogP contribution in [0.5, 0.6) is 11.5 Å². The summed E-state index contributed by atoms with van der Waals surface area (Å²) in [4.78, 5) is 12.3. The van der Waals surface area contributed by atoms with Gasteiger partial charge < -0.3 is 14.6 Å². The zero-order chi connectivity index (χ0) is 15.7. The average molecular weight is 296 g/mol. The molecule has 1 atom stereocenters. The van der Waals surface area contributed by atoms with Crippen LogP contribution in [0.15, 0.2) is 57.7 Å². The van der Waals surface area contributed by atoms with Gasteiger partial charge in [-0.05, 0) is 36.2 Å². The Labute approximate surface area is 127 Å². The van der Waals surface area contributed by atoms with Crippen LogP contribution in [0.25, 0.3) is 11.0 Å². The van der Waals surface area contributed by atoms with Crippen LogP contribution in [-0.2, 0) is 0 Å². The lowest BCUT2D eigenvalue weighted by Gasteiger charge is -2.17. The minimum atomic E-state index is -0.550. The van der Waals surface area contributed by atoms with Gasteiger partial charge in [-0.25, -0.2) is 4.79 Å². The Hall–Kier alpha value is -2.75. The number of para-hydroxylation sites is 1. The summed E-state index contributed by atoms with van der Waals surface area (Å²) >= 11 is 0. The molecule has 1 aromatic heterocycles. The molecule has 2 N–H and O–H groups in total. The molecule has 0 saturated carbocycles. The van der Waals surface area contributed by atoms with Gasteiger partial charge in [-0.15, -0.1) is 0 Å². The molecule has 0 fully saturated rings. The highest BCUT2D eigenvalue weighted by Crippen LogP contribution is 2.36. The summed E-state index contributed by atoms with van der Waals surface area (Å²) in [5.41, 5.74) is 0.804. The molecule has 0 spiro atoms. The highest BCUT2D eigenvalue weighted by atomic mass is 16.4. The van der Waals surface area contributed by atoms with Crippen molar-refractivity contribution in [3.8, 4) is 11.5 Å². The summed E-state index contributed by atoms with van der Waals surface area (Å²) in [5, 5.41) is 20.7. The van der Waals surface area contributed by atoms with Gasteiger partial charge in [-0.1, -0.05) is 31.2 Å². The molecule has 0 saturated heterocycles. The van der Waals surface area contributed by atoms with Crippen LogP contribution in [0.4, 0.5) is 0 Å². The molecule has 112 valence electrons. The van der Waals surface area contributed by atoms with Crippen molar-refractivity contribution < 1.29 is 14.6 Å². The van der Waals surface area contributed by atoms with Gasteiger partial charge in [-0.2, -0.15) is 0 Å².